The van der Waals surface area contributed by atoms with Crippen LogP contribution in [0.5, 0.6) is 0 Å². The van der Waals surface area contributed by atoms with Gasteiger partial charge in [0.2, 0.25) is 0 Å². The van der Waals surface area contributed by atoms with Crippen molar-refractivity contribution >= 4 is 62.5 Å². The van der Waals surface area contributed by atoms with E-state index in [1.54, 1.807) is 0 Å². The number of benzene rings is 1. The molecule has 1 nitrogen and oxygen atoms in total. The van der Waals surface area contributed by atoms with E-state index in [1.165, 1.54) is 10.9 Å². The summed E-state index contributed by atoms with van der Waals surface area (Å²) >= 11 is 3.24. The number of hydrogen-bond acceptors (Lipinski definition) is 1. The van der Waals surface area contributed by atoms with Gasteiger partial charge in [0.25, 0.3) is 0 Å². The average Bonchev–Trinajstić information content (AvgIpc) is 2.40. The third-order valence-corrected chi connectivity index (χ3v) is 82.7. The number of halogens is 1. The van der Waals surface area contributed by atoms with Gasteiger partial charge in [-0.2, -0.15) is 0 Å². The van der Waals surface area contributed by atoms with Gasteiger partial charge < -0.3 is 0 Å². The Balaban J connectivity index is 3.61. The molecule has 0 saturated carbocycles. The Kier molecular flexibility index (Phi) is 10.1. The van der Waals surface area contributed by atoms with Crippen LogP contribution >= 0.6 is 20.2 Å². The molecule has 174 valence electrons. The molecule has 0 amide bonds. The molecule has 0 unspecified atom stereocenters. The molecule has 1 aromatic rings. The van der Waals surface area contributed by atoms with E-state index in [4.69, 9.17) is 0 Å². The predicted molar refractivity (Wildman–Crippen MR) is 163 cm³/mol. The summed E-state index contributed by atoms with van der Waals surface area (Å²) in [5, 5.41) is 1.41. The van der Waals surface area contributed by atoms with Crippen molar-refractivity contribution < 1.29 is 0 Å². The van der Waals surface area contributed by atoms with Gasteiger partial charge in [-0.05, 0) is 0 Å². The van der Waals surface area contributed by atoms with E-state index in [0.29, 0.717) is 0 Å². The Morgan fingerprint density at radius 3 is 1.33 bits per heavy atom. The summed E-state index contributed by atoms with van der Waals surface area (Å²) in [6.45, 7) is 33.6. The van der Waals surface area contributed by atoms with Gasteiger partial charge in [-0.25, -0.2) is 0 Å². The second kappa shape index (κ2) is 10.3. The van der Waals surface area contributed by atoms with Crippen LogP contribution in [0.3, 0.4) is 0 Å². The monoisotopic (exact) mass is 653 g/mol. The van der Waals surface area contributed by atoms with Crippen molar-refractivity contribution in [3.8, 4) is 0 Å². The van der Waals surface area contributed by atoms with Crippen LogP contribution in [0.15, 0.2) is 30.3 Å². The summed E-state index contributed by atoms with van der Waals surface area (Å²) in [4.78, 5) is 2.74. The summed E-state index contributed by atoms with van der Waals surface area (Å²) < 4.78 is 2.18. The summed E-state index contributed by atoms with van der Waals surface area (Å²) in [5.41, 5.74) is 1.47. The first-order chi connectivity index (χ1) is 13.2. The Labute approximate surface area is 207 Å². The molecule has 0 fully saturated rings. The minimum atomic E-state index is -2.32. The molecule has 0 bridgehead atoms. The number of rotatable bonds is 10. The molecule has 0 aliphatic heterocycles. The van der Waals surface area contributed by atoms with Gasteiger partial charge >= 0.3 is 209 Å². The topological polar surface area (TPSA) is 3.24 Å². The van der Waals surface area contributed by atoms with Crippen molar-refractivity contribution in [3.63, 3.8) is 0 Å². The Hall–Kier alpha value is 1.32. The van der Waals surface area contributed by atoms with Crippen LogP contribution in [0, 0.1) is 0 Å². The third kappa shape index (κ3) is 7.97. The molecular formula is C23H50GeINSi4. The molecule has 0 atom stereocenters. The molecule has 1 aromatic carbocycles. The van der Waals surface area contributed by atoms with E-state index in [9.17, 15) is 0 Å². The van der Waals surface area contributed by atoms with Gasteiger partial charge in [0, 0.05) is 0 Å². The minimum absolute atomic E-state index is 1.09. The molecule has 0 radical (unpaired) electrons. The standard InChI is InChI=1S/C23H50GeINSi4/c1-26(19-21-17-15-14-16-18-21)20-24(25,22(27(2,3)4)28(5,6)7)23(29(8,9)10)30(11,12)13/h14-18,22-23H,19-20H2,1-13H3. The SMILES string of the molecule is CN(Cc1ccccc1)[CH2][Ge]([I])([CH]([Si](C)(C)C)[Si](C)(C)C)[CH]([Si](C)(C)C)[Si](C)(C)C. The van der Waals surface area contributed by atoms with Crippen LogP contribution in [0.4, 0.5) is 0 Å². The van der Waals surface area contributed by atoms with Crippen molar-refractivity contribution in [3.05, 3.63) is 35.9 Å². The van der Waals surface area contributed by atoms with Crippen LogP contribution in [-0.2, 0) is 6.54 Å². The third-order valence-electron chi connectivity index (χ3n) is 6.23. The molecule has 0 spiro atoms. The molecule has 1 rings (SSSR count). The van der Waals surface area contributed by atoms with Gasteiger partial charge in [0.05, 0.1) is 0 Å². The second-order valence-corrected chi connectivity index (χ2v) is 58.6. The summed E-state index contributed by atoms with van der Waals surface area (Å²) in [6, 6.07) is 11.1. The van der Waals surface area contributed by atoms with Crippen LogP contribution < -0.4 is 0 Å². The fraction of sp³-hybridized carbons (Fsp3) is 0.739. The van der Waals surface area contributed by atoms with E-state index in [2.05, 4.69) is 141 Å². The number of nitrogens with zero attached hydrogens (tertiary/aromatic N) is 1. The molecule has 7 heteroatoms. The Morgan fingerprint density at radius 1 is 0.700 bits per heavy atom. The van der Waals surface area contributed by atoms with E-state index >= 15 is 0 Å². The van der Waals surface area contributed by atoms with Crippen LogP contribution in [0.25, 0.3) is 0 Å². The first kappa shape index (κ1) is 29.4. The molecule has 0 aliphatic rings. The molecule has 0 heterocycles. The van der Waals surface area contributed by atoms with Crippen molar-refractivity contribution in [1.82, 2.24) is 4.90 Å². The normalized spacial score (nSPS) is 14.8. The van der Waals surface area contributed by atoms with Gasteiger partial charge in [-0.15, -0.1) is 0 Å². The fourth-order valence-corrected chi connectivity index (χ4v) is 144. The van der Waals surface area contributed by atoms with Gasteiger partial charge in [-0.3, -0.25) is 0 Å². The van der Waals surface area contributed by atoms with Crippen molar-refractivity contribution in [1.29, 1.82) is 0 Å². The zero-order valence-electron chi connectivity index (χ0n) is 22.3. The van der Waals surface area contributed by atoms with E-state index in [-0.39, 0.29) is 0 Å². The molecular weight excluding hydrogens is 602 g/mol. The maximum atomic E-state index is 3.24. The molecule has 0 aromatic heterocycles. The summed E-state index contributed by atoms with van der Waals surface area (Å²) in [7, 11) is -5.03. The summed E-state index contributed by atoms with van der Waals surface area (Å²) in [5.74, 6) is 0. The molecule has 30 heavy (non-hydrogen) atoms. The van der Waals surface area contributed by atoms with Gasteiger partial charge in [0.1, 0.15) is 0 Å². The number of hydrogen-bond donors (Lipinski definition) is 0. The maximum absolute atomic E-state index is 3.24. The predicted octanol–water partition coefficient (Wildman–Crippen LogP) is 8.29. The van der Waals surface area contributed by atoms with E-state index in [1.807, 2.05) is 0 Å². The van der Waals surface area contributed by atoms with E-state index < -0.39 is 42.3 Å². The van der Waals surface area contributed by atoms with Crippen molar-refractivity contribution in [2.24, 2.45) is 0 Å². The Bertz CT molecular complexity index is 612. The quantitative estimate of drug-likeness (QED) is 0.182. The zero-order chi connectivity index (χ0) is 23.8. The molecule has 0 saturated heterocycles. The van der Waals surface area contributed by atoms with Crippen LogP contribution in [0.2, 0.25) is 86.6 Å². The molecule has 0 aliphatic carbocycles. The van der Waals surface area contributed by atoms with Crippen LogP contribution in [0.1, 0.15) is 5.56 Å². The van der Waals surface area contributed by atoms with Crippen molar-refractivity contribution in [2.45, 2.75) is 93.1 Å². The second-order valence-electron chi connectivity index (χ2n) is 13.9. The van der Waals surface area contributed by atoms with Crippen molar-refractivity contribution in [2.75, 3.05) is 12.4 Å². The zero-order valence-corrected chi connectivity index (χ0v) is 30.5. The molecule has 0 N–H and O–H groups in total. The van der Waals surface area contributed by atoms with Gasteiger partial charge in [0.15, 0.2) is 0 Å². The first-order valence-electron chi connectivity index (χ1n) is 11.6. The fourth-order valence-electron chi connectivity index (χ4n) is 7.19. The average molecular weight is 653 g/mol. The first-order valence-corrected chi connectivity index (χ1v) is 36.2. The Morgan fingerprint density at radius 2 is 1.03 bits per heavy atom. The van der Waals surface area contributed by atoms with E-state index in [0.717, 1.165) is 14.5 Å². The van der Waals surface area contributed by atoms with Crippen LogP contribution in [-0.4, -0.2) is 59.6 Å². The summed E-state index contributed by atoms with van der Waals surface area (Å²) in [6.07, 6.45) is 0. The van der Waals surface area contributed by atoms with Gasteiger partial charge in [-0.1, -0.05) is 0 Å².